The minimum atomic E-state index is -0.464. The summed E-state index contributed by atoms with van der Waals surface area (Å²) in [6.07, 6.45) is 1.26. The van der Waals surface area contributed by atoms with E-state index >= 15 is 0 Å². The van der Waals surface area contributed by atoms with Gasteiger partial charge in [-0.1, -0.05) is 12.1 Å². The Hall–Kier alpha value is -3.98. The number of hydrogen-bond donors (Lipinski definition) is 0. The van der Waals surface area contributed by atoms with Crippen molar-refractivity contribution in [3.8, 4) is 11.4 Å². The van der Waals surface area contributed by atoms with Gasteiger partial charge >= 0.3 is 0 Å². The Morgan fingerprint density at radius 2 is 1.76 bits per heavy atom. The van der Waals surface area contributed by atoms with Crippen molar-refractivity contribution in [2.24, 2.45) is 0 Å². The summed E-state index contributed by atoms with van der Waals surface area (Å²) in [5.41, 5.74) is 1.91. The summed E-state index contributed by atoms with van der Waals surface area (Å²) in [6.45, 7) is 1.09. The highest BCUT2D eigenvalue weighted by atomic mass is 16.5. The molecule has 1 saturated heterocycles. The fourth-order valence-corrected chi connectivity index (χ4v) is 4.10. The number of rotatable bonds is 5. The molecule has 3 aromatic rings. The van der Waals surface area contributed by atoms with Crippen LogP contribution in [-0.2, 0) is 4.74 Å². The molecule has 5 rings (SSSR count). The van der Waals surface area contributed by atoms with Crippen molar-refractivity contribution in [3.05, 3.63) is 77.6 Å². The Labute approximate surface area is 190 Å². The number of aromatic nitrogens is 2. The molecule has 0 radical (unpaired) electrons. The Kier molecular flexibility index (Phi) is 5.39. The molecule has 1 fully saturated rings. The lowest BCUT2D eigenvalue weighted by molar-refractivity contribution is -0.0304. The van der Waals surface area contributed by atoms with Crippen molar-refractivity contribution in [2.45, 2.75) is 6.10 Å². The number of ether oxygens (including phenoxy) is 2. The van der Waals surface area contributed by atoms with Crippen LogP contribution in [0.3, 0.4) is 0 Å². The van der Waals surface area contributed by atoms with Gasteiger partial charge in [-0.15, -0.1) is 0 Å². The molecule has 2 aliphatic heterocycles. The Morgan fingerprint density at radius 1 is 1.06 bits per heavy atom. The topological polar surface area (TPSA) is 94.0 Å². The van der Waals surface area contributed by atoms with Crippen LogP contribution >= 0.6 is 0 Å². The molecular weight excluding hydrogens is 424 g/mol. The van der Waals surface area contributed by atoms with E-state index < -0.39 is 6.10 Å². The second-order valence-electron chi connectivity index (χ2n) is 7.85. The highest BCUT2D eigenvalue weighted by molar-refractivity contribution is 6.21. The molecule has 0 bridgehead atoms. The van der Waals surface area contributed by atoms with E-state index in [1.807, 2.05) is 24.3 Å². The zero-order valence-electron chi connectivity index (χ0n) is 18.0. The average Bonchev–Trinajstić information content (AvgIpc) is 3.44. The van der Waals surface area contributed by atoms with Gasteiger partial charge in [0.15, 0.2) is 5.69 Å². The van der Waals surface area contributed by atoms with E-state index in [0.29, 0.717) is 30.0 Å². The average molecular weight is 446 g/mol. The summed E-state index contributed by atoms with van der Waals surface area (Å²) >= 11 is 0. The first-order chi connectivity index (χ1) is 16.0. The van der Waals surface area contributed by atoms with Crippen molar-refractivity contribution in [1.82, 2.24) is 19.6 Å². The number of benzene rings is 2. The number of fused-ring (bicyclic) bond motifs is 1. The molecule has 1 aromatic heterocycles. The number of methoxy groups -OCH3 is 1. The van der Waals surface area contributed by atoms with Crippen LogP contribution in [-0.4, -0.2) is 76.8 Å². The molecule has 1 atom stereocenters. The lowest BCUT2D eigenvalue weighted by atomic mass is 10.1. The third-order valence-corrected chi connectivity index (χ3v) is 5.84. The molecular formula is C24H22N4O5. The molecule has 1 unspecified atom stereocenters. The number of carbonyl (C=O) groups excluding carboxylic acids is 3. The molecule has 168 valence electrons. The molecule has 3 amide bonds. The van der Waals surface area contributed by atoms with Crippen molar-refractivity contribution >= 4 is 17.7 Å². The number of hydrogen-bond acceptors (Lipinski definition) is 6. The molecule has 0 N–H and O–H groups in total. The standard InChI is InChI=1S/C24H22N4O5/c1-32-17-8-6-16(7-9-17)28-11-10-21(25-28)24(31)26-12-13-33-18(14-26)15-27-22(29)19-4-2-3-5-20(19)23(27)30/h2-11,18H,12-15H2,1H3. The Balaban J connectivity index is 1.26. The Bertz CT molecular complexity index is 1180. The zero-order chi connectivity index (χ0) is 22.9. The first-order valence-electron chi connectivity index (χ1n) is 10.6. The van der Waals surface area contributed by atoms with Crippen LogP contribution in [0.5, 0.6) is 5.75 Å². The predicted octanol–water partition coefficient (Wildman–Crippen LogP) is 2.02. The van der Waals surface area contributed by atoms with Crippen LogP contribution in [0.25, 0.3) is 5.69 Å². The molecule has 0 saturated carbocycles. The molecule has 3 heterocycles. The van der Waals surface area contributed by atoms with Gasteiger partial charge in [-0.05, 0) is 42.5 Å². The number of amides is 3. The van der Waals surface area contributed by atoms with Gasteiger partial charge in [-0.2, -0.15) is 5.10 Å². The van der Waals surface area contributed by atoms with Crippen LogP contribution in [0, 0.1) is 0 Å². The maximum atomic E-state index is 13.1. The van der Waals surface area contributed by atoms with Crippen LogP contribution in [0.15, 0.2) is 60.8 Å². The van der Waals surface area contributed by atoms with Crippen molar-refractivity contribution < 1.29 is 23.9 Å². The highest BCUT2D eigenvalue weighted by Gasteiger charge is 2.38. The number of nitrogens with zero attached hydrogens (tertiary/aromatic N) is 4. The van der Waals surface area contributed by atoms with Crippen LogP contribution in [0.1, 0.15) is 31.2 Å². The SMILES string of the molecule is COc1ccc(-n2ccc(C(=O)N3CCOC(CN4C(=O)c5ccccc5C4=O)C3)n2)cc1. The van der Waals surface area contributed by atoms with Gasteiger partial charge in [0.1, 0.15) is 5.75 Å². The van der Waals surface area contributed by atoms with E-state index in [2.05, 4.69) is 5.10 Å². The third kappa shape index (κ3) is 3.87. The number of imide groups is 1. The van der Waals surface area contributed by atoms with Crippen LogP contribution in [0.4, 0.5) is 0 Å². The van der Waals surface area contributed by atoms with Gasteiger partial charge in [-0.25, -0.2) is 4.68 Å². The first kappa shape index (κ1) is 20.9. The van der Waals surface area contributed by atoms with Crippen LogP contribution in [0.2, 0.25) is 0 Å². The summed E-state index contributed by atoms with van der Waals surface area (Å²) in [5.74, 6) is -0.153. The van der Waals surface area contributed by atoms with E-state index in [1.165, 1.54) is 4.90 Å². The summed E-state index contributed by atoms with van der Waals surface area (Å²) in [6, 6.07) is 15.8. The molecule has 0 aliphatic carbocycles. The second-order valence-corrected chi connectivity index (χ2v) is 7.85. The van der Waals surface area contributed by atoms with E-state index in [1.54, 1.807) is 53.2 Å². The smallest absolute Gasteiger partial charge is 0.274 e. The largest absolute Gasteiger partial charge is 0.497 e. The van der Waals surface area contributed by atoms with E-state index in [-0.39, 0.29) is 30.8 Å². The fraction of sp³-hybridized carbons (Fsp3) is 0.250. The maximum Gasteiger partial charge on any atom is 0.274 e. The van der Waals surface area contributed by atoms with Gasteiger partial charge in [-0.3, -0.25) is 19.3 Å². The number of morpholine rings is 1. The zero-order valence-corrected chi connectivity index (χ0v) is 18.0. The first-order valence-corrected chi connectivity index (χ1v) is 10.6. The minimum Gasteiger partial charge on any atom is -0.497 e. The van der Waals surface area contributed by atoms with E-state index in [4.69, 9.17) is 9.47 Å². The molecule has 9 nitrogen and oxygen atoms in total. The molecule has 9 heteroatoms. The quantitative estimate of drug-likeness (QED) is 0.557. The summed E-state index contributed by atoms with van der Waals surface area (Å²) in [7, 11) is 1.60. The van der Waals surface area contributed by atoms with Gasteiger partial charge in [0.25, 0.3) is 17.7 Å². The van der Waals surface area contributed by atoms with Crippen molar-refractivity contribution in [1.29, 1.82) is 0 Å². The van der Waals surface area contributed by atoms with Gasteiger partial charge in [0.05, 0.1) is 43.2 Å². The molecule has 2 aromatic carbocycles. The van der Waals surface area contributed by atoms with E-state index in [9.17, 15) is 14.4 Å². The van der Waals surface area contributed by atoms with Crippen LogP contribution < -0.4 is 4.74 Å². The maximum absolute atomic E-state index is 13.1. The lowest BCUT2D eigenvalue weighted by Crippen LogP contribution is -2.50. The third-order valence-electron chi connectivity index (χ3n) is 5.84. The summed E-state index contributed by atoms with van der Waals surface area (Å²) in [4.78, 5) is 41.2. The minimum absolute atomic E-state index is 0.0937. The fourth-order valence-electron chi connectivity index (χ4n) is 4.10. The van der Waals surface area contributed by atoms with Gasteiger partial charge in [0.2, 0.25) is 0 Å². The molecule has 0 spiro atoms. The van der Waals surface area contributed by atoms with Gasteiger partial charge in [0, 0.05) is 19.3 Å². The lowest BCUT2D eigenvalue weighted by Gasteiger charge is -2.34. The van der Waals surface area contributed by atoms with E-state index in [0.717, 1.165) is 11.4 Å². The highest BCUT2D eigenvalue weighted by Crippen LogP contribution is 2.24. The normalized spacial score (nSPS) is 17.9. The molecule has 33 heavy (non-hydrogen) atoms. The van der Waals surface area contributed by atoms with Crippen molar-refractivity contribution in [3.63, 3.8) is 0 Å². The van der Waals surface area contributed by atoms with Crippen molar-refractivity contribution in [2.75, 3.05) is 33.4 Å². The van der Waals surface area contributed by atoms with Gasteiger partial charge < -0.3 is 14.4 Å². The molecule has 2 aliphatic rings. The monoisotopic (exact) mass is 446 g/mol. The summed E-state index contributed by atoms with van der Waals surface area (Å²) in [5, 5.41) is 4.42. The predicted molar refractivity (Wildman–Crippen MR) is 118 cm³/mol. The summed E-state index contributed by atoms with van der Waals surface area (Å²) < 4.78 is 12.6. The Morgan fingerprint density at radius 3 is 2.42 bits per heavy atom. The second kappa shape index (κ2) is 8.51. The number of carbonyl (C=O) groups is 3.